The molecule has 1 aromatic heterocycles. The van der Waals surface area contributed by atoms with Gasteiger partial charge in [-0.25, -0.2) is 0 Å². The Bertz CT molecular complexity index is 867. The average Bonchev–Trinajstić information content (AvgIpc) is 2.78. The van der Waals surface area contributed by atoms with Crippen molar-refractivity contribution in [1.29, 1.82) is 0 Å². The van der Waals surface area contributed by atoms with Gasteiger partial charge in [0, 0.05) is 42.5 Å². The van der Waals surface area contributed by atoms with E-state index < -0.39 is 11.8 Å². The Balaban J connectivity index is 1.43. The smallest absolute Gasteiger partial charge is 0.313 e. The number of likely N-dealkylation sites (tertiary alicyclic amines) is 1. The summed E-state index contributed by atoms with van der Waals surface area (Å²) in [5.74, 6) is -1.07. The highest BCUT2D eigenvalue weighted by Gasteiger charge is 2.24. The zero-order valence-corrected chi connectivity index (χ0v) is 17.1. The van der Waals surface area contributed by atoms with E-state index in [2.05, 4.69) is 15.6 Å². The first-order valence-corrected chi connectivity index (χ1v) is 10.7. The third-order valence-electron chi connectivity index (χ3n) is 4.94. The molecule has 0 bridgehead atoms. The Morgan fingerprint density at radius 2 is 1.76 bits per heavy atom. The molecule has 0 atom stereocenters. The van der Waals surface area contributed by atoms with Gasteiger partial charge in [0.2, 0.25) is 0 Å². The molecule has 1 fully saturated rings. The maximum atomic E-state index is 12.5. The quantitative estimate of drug-likeness (QED) is 0.581. The lowest BCUT2D eigenvalue weighted by atomic mass is 9.96. The van der Waals surface area contributed by atoms with Crippen molar-refractivity contribution in [2.45, 2.75) is 17.7 Å². The lowest BCUT2D eigenvalue weighted by molar-refractivity contribution is -0.136. The number of rotatable bonds is 5. The van der Waals surface area contributed by atoms with Crippen LogP contribution in [0.1, 0.15) is 23.2 Å². The van der Waals surface area contributed by atoms with Gasteiger partial charge in [-0.05, 0) is 49.3 Å². The van der Waals surface area contributed by atoms with Gasteiger partial charge >= 0.3 is 11.8 Å². The van der Waals surface area contributed by atoms with Crippen molar-refractivity contribution in [2.75, 3.05) is 31.2 Å². The molecule has 1 saturated heterocycles. The number of hydrogen-bond donors (Lipinski definition) is 2. The van der Waals surface area contributed by atoms with Gasteiger partial charge in [0.15, 0.2) is 0 Å². The van der Waals surface area contributed by atoms with Gasteiger partial charge < -0.3 is 15.5 Å². The van der Waals surface area contributed by atoms with Crippen LogP contribution >= 0.6 is 11.8 Å². The predicted octanol–water partition coefficient (Wildman–Crippen LogP) is 2.41. The summed E-state index contributed by atoms with van der Waals surface area (Å²) < 4.78 is 0. The molecule has 3 amide bonds. The first kappa shape index (κ1) is 20.9. The van der Waals surface area contributed by atoms with Crippen molar-refractivity contribution < 1.29 is 14.4 Å². The maximum Gasteiger partial charge on any atom is 0.313 e. The van der Waals surface area contributed by atoms with E-state index >= 15 is 0 Å². The lowest BCUT2D eigenvalue weighted by Gasteiger charge is -2.32. The number of piperidine rings is 1. The number of nitrogens with zero attached hydrogens (tertiary/aromatic N) is 2. The van der Waals surface area contributed by atoms with Crippen molar-refractivity contribution in [1.82, 2.24) is 15.2 Å². The molecule has 0 unspecified atom stereocenters. The molecule has 29 heavy (non-hydrogen) atoms. The molecule has 1 aliphatic rings. The number of nitrogens with one attached hydrogen (secondary N) is 2. The highest BCUT2D eigenvalue weighted by molar-refractivity contribution is 7.98. The molecule has 8 heteroatoms. The fraction of sp³-hybridized carbons (Fsp3) is 0.333. The molecule has 1 aliphatic heterocycles. The summed E-state index contributed by atoms with van der Waals surface area (Å²) in [6.45, 7) is 1.69. The summed E-state index contributed by atoms with van der Waals surface area (Å²) in [6.07, 6.45) is 6.70. The second-order valence-corrected chi connectivity index (χ2v) is 7.68. The first-order chi connectivity index (χ1) is 14.1. The lowest BCUT2D eigenvalue weighted by Crippen LogP contribution is -2.43. The van der Waals surface area contributed by atoms with Crippen LogP contribution in [0.15, 0.2) is 53.7 Å². The topological polar surface area (TPSA) is 91.4 Å². The van der Waals surface area contributed by atoms with E-state index in [-0.39, 0.29) is 11.8 Å². The van der Waals surface area contributed by atoms with E-state index in [1.807, 2.05) is 29.4 Å². The van der Waals surface area contributed by atoms with Crippen molar-refractivity contribution in [3.63, 3.8) is 0 Å². The maximum absolute atomic E-state index is 12.5. The zero-order chi connectivity index (χ0) is 20.6. The van der Waals surface area contributed by atoms with Crippen LogP contribution in [-0.4, -0.2) is 53.5 Å². The number of hydrogen-bond acceptors (Lipinski definition) is 5. The van der Waals surface area contributed by atoms with E-state index in [0.29, 0.717) is 30.9 Å². The average molecular weight is 413 g/mol. The van der Waals surface area contributed by atoms with Crippen LogP contribution < -0.4 is 10.6 Å². The Labute approximate surface area is 174 Å². The summed E-state index contributed by atoms with van der Waals surface area (Å²) in [6, 6.07) is 10.8. The molecule has 1 aromatic carbocycles. The Kier molecular flexibility index (Phi) is 7.24. The number of aromatic nitrogens is 1. The zero-order valence-electron chi connectivity index (χ0n) is 16.3. The minimum Gasteiger partial charge on any atom is -0.348 e. The third-order valence-corrected chi connectivity index (χ3v) is 5.74. The molecular formula is C21H24N4O3S. The van der Waals surface area contributed by atoms with Crippen LogP contribution in [0.4, 0.5) is 5.69 Å². The molecule has 3 rings (SSSR count). The summed E-state index contributed by atoms with van der Waals surface area (Å²) in [7, 11) is 0. The first-order valence-electron chi connectivity index (χ1n) is 9.50. The van der Waals surface area contributed by atoms with Crippen molar-refractivity contribution in [2.24, 2.45) is 5.92 Å². The van der Waals surface area contributed by atoms with Crippen molar-refractivity contribution in [3.8, 4) is 0 Å². The van der Waals surface area contributed by atoms with Crippen LogP contribution in [0, 0.1) is 5.92 Å². The molecule has 7 nitrogen and oxygen atoms in total. The van der Waals surface area contributed by atoms with Crippen LogP contribution in [0.3, 0.4) is 0 Å². The second-order valence-electron chi connectivity index (χ2n) is 6.84. The molecule has 152 valence electrons. The number of benzene rings is 1. The Hall–Kier alpha value is -2.87. The standard InChI is InChI=1S/C21H24N4O3S/c1-29-18-5-3-2-4-17(18)24-20(27)19(26)23-14-15-8-12-25(13-9-15)21(28)16-6-10-22-11-7-16/h2-7,10-11,15H,8-9,12-14H2,1H3,(H,23,26)(H,24,27). The van der Waals surface area contributed by atoms with Gasteiger partial charge in [-0.1, -0.05) is 12.1 Å². The summed E-state index contributed by atoms with van der Waals surface area (Å²) >= 11 is 1.50. The molecule has 2 heterocycles. The Morgan fingerprint density at radius 1 is 1.07 bits per heavy atom. The van der Waals surface area contributed by atoms with Crippen LogP contribution in [-0.2, 0) is 9.59 Å². The van der Waals surface area contributed by atoms with Gasteiger partial charge in [-0.2, -0.15) is 0 Å². The minimum atomic E-state index is -0.670. The number of pyridine rings is 1. The summed E-state index contributed by atoms with van der Waals surface area (Å²) in [5, 5.41) is 5.38. The van der Waals surface area contributed by atoms with Crippen LogP contribution in [0.2, 0.25) is 0 Å². The van der Waals surface area contributed by atoms with E-state index in [0.717, 1.165) is 17.7 Å². The second kappa shape index (κ2) is 10.1. The number of thioether (sulfide) groups is 1. The highest BCUT2D eigenvalue weighted by atomic mass is 32.2. The number of carbonyl (C=O) groups is 3. The van der Waals surface area contributed by atoms with Gasteiger partial charge in [-0.3, -0.25) is 19.4 Å². The van der Waals surface area contributed by atoms with Crippen molar-refractivity contribution >= 4 is 35.2 Å². The third kappa shape index (κ3) is 5.57. The molecule has 0 spiro atoms. The summed E-state index contributed by atoms with van der Waals surface area (Å²) in [4.78, 5) is 43.4. The van der Waals surface area contributed by atoms with Gasteiger partial charge in [-0.15, -0.1) is 11.8 Å². The molecule has 2 aromatic rings. The molecule has 0 saturated carbocycles. The number of amides is 3. The normalized spacial score (nSPS) is 14.3. The predicted molar refractivity (Wildman–Crippen MR) is 113 cm³/mol. The van der Waals surface area contributed by atoms with Crippen LogP contribution in [0.25, 0.3) is 0 Å². The van der Waals surface area contributed by atoms with Gasteiger partial charge in [0.25, 0.3) is 5.91 Å². The minimum absolute atomic E-state index is 0.00160. The monoisotopic (exact) mass is 412 g/mol. The fourth-order valence-electron chi connectivity index (χ4n) is 3.26. The van der Waals surface area contributed by atoms with Crippen LogP contribution in [0.5, 0.6) is 0 Å². The van der Waals surface area contributed by atoms with Gasteiger partial charge in [0.1, 0.15) is 0 Å². The molecule has 0 radical (unpaired) electrons. The van der Waals surface area contributed by atoms with E-state index in [9.17, 15) is 14.4 Å². The number of anilines is 1. The molecule has 2 N–H and O–H groups in total. The van der Waals surface area contributed by atoms with Crippen molar-refractivity contribution in [3.05, 3.63) is 54.4 Å². The van der Waals surface area contributed by atoms with E-state index in [1.54, 1.807) is 30.6 Å². The van der Waals surface area contributed by atoms with E-state index in [1.165, 1.54) is 11.8 Å². The SMILES string of the molecule is CSc1ccccc1NC(=O)C(=O)NCC1CCN(C(=O)c2ccncc2)CC1. The van der Waals surface area contributed by atoms with E-state index in [4.69, 9.17) is 0 Å². The highest BCUT2D eigenvalue weighted by Crippen LogP contribution is 2.24. The largest absolute Gasteiger partial charge is 0.348 e. The molecular weight excluding hydrogens is 388 g/mol. The number of para-hydroxylation sites is 1. The Morgan fingerprint density at radius 3 is 2.45 bits per heavy atom. The fourth-order valence-corrected chi connectivity index (χ4v) is 3.82. The molecule has 0 aliphatic carbocycles. The number of carbonyl (C=O) groups excluding carboxylic acids is 3. The summed E-state index contributed by atoms with van der Waals surface area (Å²) in [5.41, 5.74) is 1.26. The van der Waals surface area contributed by atoms with Gasteiger partial charge in [0.05, 0.1) is 5.69 Å².